The molecule has 3 aliphatic rings. The summed E-state index contributed by atoms with van der Waals surface area (Å²) in [5.41, 5.74) is 7.23. The van der Waals surface area contributed by atoms with Gasteiger partial charge in [0, 0.05) is 35.4 Å². The lowest BCUT2D eigenvalue weighted by molar-refractivity contribution is 0.327. The molecule has 0 radical (unpaired) electrons. The van der Waals surface area contributed by atoms with Crippen LogP contribution in [-0.4, -0.2) is 36.6 Å². The van der Waals surface area contributed by atoms with E-state index in [0.717, 1.165) is 38.4 Å². The lowest BCUT2D eigenvalue weighted by Crippen LogP contribution is -2.43. The Bertz CT molecular complexity index is 856. The van der Waals surface area contributed by atoms with Crippen LogP contribution in [0.4, 0.5) is 11.5 Å². The van der Waals surface area contributed by atoms with Crippen LogP contribution in [0.2, 0.25) is 0 Å². The standard InChI is InChI=1S/C22H29N5/c1-15-6-7-17-19(15)21(26-14-25-17)27-13-22(8-10-24-11-9-22)20-16(12-23-2)4-3-5-18(20)27/h3-5,14-15,23-24H,6-13H2,1-2H3/t15-/m1/s1. The van der Waals surface area contributed by atoms with E-state index >= 15 is 0 Å². The van der Waals surface area contributed by atoms with Crippen molar-refractivity contribution < 1.29 is 0 Å². The second kappa shape index (κ2) is 6.57. The molecule has 0 amide bonds. The van der Waals surface area contributed by atoms with Crippen molar-refractivity contribution in [1.82, 2.24) is 20.6 Å². The van der Waals surface area contributed by atoms with Gasteiger partial charge in [-0.1, -0.05) is 19.1 Å². The number of rotatable bonds is 3. The zero-order chi connectivity index (χ0) is 18.4. The maximum absolute atomic E-state index is 4.82. The Morgan fingerprint density at radius 1 is 1.26 bits per heavy atom. The smallest absolute Gasteiger partial charge is 0.140 e. The minimum atomic E-state index is 0.230. The van der Waals surface area contributed by atoms with Gasteiger partial charge in [-0.3, -0.25) is 0 Å². The summed E-state index contributed by atoms with van der Waals surface area (Å²) >= 11 is 0. The van der Waals surface area contributed by atoms with E-state index in [1.807, 2.05) is 7.05 Å². The zero-order valence-corrected chi connectivity index (χ0v) is 16.4. The molecule has 5 nitrogen and oxygen atoms in total. The van der Waals surface area contributed by atoms with Crippen LogP contribution in [-0.2, 0) is 18.4 Å². The molecule has 1 aromatic heterocycles. The maximum atomic E-state index is 4.82. The molecule has 142 valence electrons. The Balaban J connectivity index is 1.68. The van der Waals surface area contributed by atoms with E-state index in [1.165, 1.54) is 41.8 Å². The predicted molar refractivity (Wildman–Crippen MR) is 109 cm³/mol. The topological polar surface area (TPSA) is 53.1 Å². The fourth-order valence-corrected chi connectivity index (χ4v) is 5.57. The number of aromatic nitrogens is 2. The van der Waals surface area contributed by atoms with Gasteiger partial charge in [0.25, 0.3) is 0 Å². The fourth-order valence-electron chi connectivity index (χ4n) is 5.57. The lowest BCUT2D eigenvalue weighted by Gasteiger charge is -2.36. The molecule has 1 atom stereocenters. The number of hydrogen-bond donors (Lipinski definition) is 2. The summed E-state index contributed by atoms with van der Waals surface area (Å²) in [6.07, 6.45) is 6.44. The third kappa shape index (κ3) is 2.59. The number of hydrogen-bond acceptors (Lipinski definition) is 5. The average Bonchev–Trinajstić information content (AvgIpc) is 3.22. The highest BCUT2D eigenvalue weighted by atomic mass is 15.2. The van der Waals surface area contributed by atoms with E-state index in [0.29, 0.717) is 5.92 Å². The van der Waals surface area contributed by atoms with Crippen molar-refractivity contribution in [1.29, 1.82) is 0 Å². The van der Waals surface area contributed by atoms with Gasteiger partial charge in [0.1, 0.15) is 12.1 Å². The molecule has 5 rings (SSSR count). The maximum Gasteiger partial charge on any atom is 0.140 e. The number of aryl methyl sites for hydroxylation is 1. The van der Waals surface area contributed by atoms with Gasteiger partial charge in [0.15, 0.2) is 0 Å². The highest BCUT2D eigenvalue weighted by molar-refractivity contribution is 5.75. The number of nitrogens with one attached hydrogen (secondary N) is 2. The molecule has 2 N–H and O–H groups in total. The fraction of sp³-hybridized carbons (Fsp3) is 0.545. The Morgan fingerprint density at radius 2 is 2.11 bits per heavy atom. The van der Waals surface area contributed by atoms with E-state index in [-0.39, 0.29) is 5.41 Å². The predicted octanol–water partition coefficient (Wildman–Crippen LogP) is 3.02. The van der Waals surface area contributed by atoms with Gasteiger partial charge in [0.2, 0.25) is 0 Å². The molecule has 1 aromatic carbocycles. The summed E-state index contributed by atoms with van der Waals surface area (Å²) in [4.78, 5) is 11.9. The monoisotopic (exact) mass is 363 g/mol. The summed E-state index contributed by atoms with van der Waals surface area (Å²) < 4.78 is 0. The minimum absolute atomic E-state index is 0.230. The number of piperidine rings is 1. The van der Waals surface area contributed by atoms with E-state index < -0.39 is 0 Å². The zero-order valence-electron chi connectivity index (χ0n) is 16.4. The second-order valence-electron chi connectivity index (χ2n) is 8.46. The van der Waals surface area contributed by atoms with Crippen molar-refractivity contribution in [2.75, 3.05) is 31.6 Å². The summed E-state index contributed by atoms with van der Waals surface area (Å²) in [6.45, 7) is 6.48. The summed E-state index contributed by atoms with van der Waals surface area (Å²) in [5, 5.41) is 6.94. The molecule has 0 saturated carbocycles. The Morgan fingerprint density at radius 3 is 2.93 bits per heavy atom. The molecule has 27 heavy (non-hydrogen) atoms. The van der Waals surface area contributed by atoms with E-state index in [4.69, 9.17) is 4.98 Å². The first-order chi connectivity index (χ1) is 13.2. The first kappa shape index (κ1) is 17.1. The SMILES string of the molecule is CNCc1cccc2c1C1(CCNCC1)CN2c1ncnc2c1[C@H](C)CC2. The van der Waals surface area contributed by atoms with Crippen molar-refractivity contribution >= 4 is 11.5 Å². The van der Waals surface area contributed by atoms with Crippen LogP contribution in [0.1, 0.15) is 54.5 Å². The third-order valence-corrected chi connectivity index (χ3v) is 6.85. The number of nitrogens with zero attached hydrogens (tertiary/aromatic N) is 3. The number of fused-ring (bicyclic) bond motifs is 3. The molecular weight excluding hydrogens is 334 g/mol. The van der Waals surface area contributed by atoms with E-state index in [9.17, 15) is 0 Å². The van der Waals surface area contributed by atoms with Gasteiger partial charge in [-0.05, 0) is 68.9 Å². The highest BCUT2D eigenvalue weighted by Crippen LogP contribution is 2.51. The van der Waals surface area contributed by atoms with Crippen molar-refractivity contribution in [3.8, 4) is 0 Å². The van der Waals surface area contributed by atoms with Gasteiger partial charge in [-0.25, -0.2) is 9.97 Å². The van der Waals surface area contributed by atoms with Gasteiger partial charge in [-0.2, -0.15) is 0 Å². The first-order valence-corrected chi connectivity index (χ1v) is 10.3. The number of benzene rings is 1. The van der Waals surface area contributed by atoms with Crippen LogP contribution in [0, 0.1) is 0 Å². The minimum Gasteiger partial charge on any atom is -0.325 e. The molecule has 1 fully saturated rings. The van der Waals surface area contributed by atoms with Gasteiger partial charge in [0.05, 0.1) is 0 Å². The molecule has 2 aromatic rings. The Kier molecular flexibility index (Phi) is 4.17. The summed E-state index contributed by atoms with van der Waals surface area (Å²) in [6, 6.07) is 6.82. The van der Waals surface area contributed by atoms with Crippen molar-refractivity contribution in [2.24, 2.45) is 0 Å². The second-order valence-corrected chi connectivity index (χ2v) is 8.46. The van der Waals surface area contributed by atoms with Crippen LogP contribution in [0.15, 0.2) is 24.5 Å². The summed E-state index contributed by atoms with van der Waals surface area (Å²) in [5.74, 6) is 1.70. The van der Waals surface area contributed by atoms with Gasteiger partial charge in [-0.15, -0.1) is 0 Å². The lowest BCUT2D eigenvalue weighted by atomic mass is 9.73. The molecule has 0 bridgehead atoms. The van der Waals surface area contributed by atoms with Crippen LogP contribution in [0.25, 0.3) is 0 Å². The molecule has 5 heteroatoms. The Hall–Kier alpha value is -1.98. The van der Waals surface area contributed by atoms with Crippen LogP contribution in [0.3, 0.4) is 0 Å². The van der Waals surface area contributed by atoms with Crippen LogP contribution < -0.4 is 15.5 Å². The van der Waals surface area contributed by atoms with E-state index in [1.54, 1.807) is 11.9 Å². The largest absolute Gasteiger partial charge is 0.325 e. The Labute approximate surface area is 161 Å². The molecule has 3 heterocycles. The molecule has 1 saturated heterocycles. The number of anilines is 2. The van der Waals surface area contributed by atoms with Crippen LogP contribution in [0.5, 0.6) is 0 Å². The van der Waals surface area contributed by atoms with Crippen molar-refractivity contribution in [3.63, 3.8) is 0 Å². The van der Waals surface area contributed by atoms with Crippen molar-refractivity contribution in [2.45, 2.75) is 50.5 Å². The quantitative estimate of drug-likeness (QED) is 0.878. The highest BCUT2D eigenvalue weighted by Gasteiger charge is 2.46. The van der Waals surface area contributed by atoms with E-state index in [2.05, 4.69) is 45.6 Å². The molecule has 0 unspecified atom stereocenters. The van der Waals surface area contributed by atoms with Gasteiger partial charge >= 0.3 is 0 Å². The normalized spacial score (nSPS) is 22.9. The molecule has 2 aliphatic heterocycles. The molecule has 1 spiro atoms. The first-order valence-electron chi connectivity index (χ1n) is 10.3. The molecule has 1 aliphatic carbocycles. The van der Waals surface area contributed by atoms with Crippen molar-refractivity contribution in [3.05, 3.63) is 46.9 Å². The third-order valence-electron chi connectivity index (χ3n) is 6.85. The summed E-state index contributed by atoms with van der Waals surface area (Å²) in [7, 11) is 2.04. The average molecular weight is 364 g/mol. The van der Waals surface area contributed by atoms with Gasteiger partial charge < -0.3 is 15.5 Å². The van der Waals surface area contributed by atoms with Crippen LogP contribution >= 0.6 is 0 Å². The molecular formula is C22H29N5.